The molecule has 0 spiro atoms. The predicted octanol–water partition coefficient (Wildman–Crippen LogP) is 3.80. The van der Waals surface area contributed by atoms with Crippen molar-refractivity contribution in [3.05, 3.63) is 97.8 Å². The number of halogens is 1. The molecular formula is C25H24FN3O3S. The number of carbonyl (C=O) groups is 1. The number of thiophene rings is 1. The van der Waals surface area contributed by atoms with Gasteiger partial charge in [-0.2, -0.15) is 0 Å². The van der Waals surface area contributed by atoms with E-state index < -0.39 is 17.1 Å². The lowest BCUT2D eigenvalue weighted by Gasteiger charge is -2.16. The lowest BCUT2D eigenvalue weighted by molar-refractivity contribution is -0.122. The van der Waals surface area contributed by atoms with Crippen LogP contribution in [0.4, 0.5) is 4.39 Å². The highest BCUT2D eigenvalue weighted by molar-refractivity contribution is 7.17. The molecule has 4 rings (SSSR count). The third kappa shape index (κ3) is 4.80. The molecule has 1 atom stereocenters. The second kappa shape index (κ2) is 9.54. The summed E-state index contributed by atoms with van der Waals surface area (Å²) in [6.45, 7) is 3.34. The van der Waals surface area contributed by atoms with Crippen LogP contribution in [0.3, 0.4) is 0 Å². The summed E-state index contributed by atoms with van der Waals surface area (Å²) < 4.78 is 16.3. The number of hydrogen-bond acceptors (Lipinski definition) is 4. The SMILES string of the molecule is Cc1cc(F)ccc1-n1c(=O)c2sccc2n(CC(=O)NC(C)CCc2ccccc2)c1=O. The van der Waals surface area contributed by atoms with Crippen LogP contribution in [0.25, 0.3) is 15.9 Å². The number of hydrogen-bond donors (Lipinski definition) is 1. The zero-order valence-corrected chi connectivity index (χ0v) is 19.2. The Kier molecular flexibility index (Phi) is 6.55. The fourth-order valence-corrected chi connectivity index (χ4v) is 4.71. The molecule has 0 aliphatic carbocycles. The van der Waals surface area contributed by atoms with Gasteiger partial charge in [0.05, 0.1) is 11.2 Å². The molecule has 0 aliphatic rings. The van der Waals surface area contributed by atoms with Gasteiger partial charge in [-0.15, -0.1) is 11.3 Å². The van der Waals surface area contributed by atoms with Crippen LogP contribution in [0.1, 0.15) is 24.5 Å². The summed E-state index contributed by atoms with van der Waals surface area (Å²) in [6, 6.07) is 15.5. The summed E-state index contributed by atoms with van der Waals surface area (Å²) >= 11 is 1.20. The zero-order valence-electron chi connectivity index (χ0n) is 18.4. The summed E-state index contributed by atoms with van der Waals surface area (Å²) in [5.74, 6) is -0.767. The van der Waals surface area contributed by atoms with Gasteiger partial charge in [-0.05, 0) is 67.5 Å². The number of rotatable bonds is 7. The average molecular weight is 466 g/mol. The predicted molar refractivity (Wildman–Crippen MR) is 129 cm³/mol. The van der Waals surface area contributed by atoms with E-state index in [2.05, 4.69) is 5.32 Å². The van der Waals surface area contributed by atoms with Crippen LogP contribution in [0.5, 0.6) is 0 Å². The average Bonchev–Trinajstić information content (AvgIpc) is 3.27. The second-order valence-electron chi connectivity index (χ2n) is 8.07. The quantitative estimate of drug-likeness (QED) is 0.451. The Morgan fingerprint density at radius 1 is 1.12 bits per heavy atom. The van der Waals surface area contributed by atoms with Gasteiger partial charge in [0.15, 0.2) is 0 Å². The van der Waals surface area contributed by atoms with Gasteiger partial charge < -0.3 is 5.32 Å². The van der Waals surface area contributed by atoms with E-state index in [1.54, 1.807) is 18.4 Å². The minimum atomic E-state index is -0.632. The molecule has 2 aromatic heterocycles. The third-order valence-electron chi connectivity index (χ3n) is 5.57. The van der Waals surface area contributed by atoms with Crippen molar-refractivity contribution in [1.29, 1.82) is 0 Å². The van der Waals surface area contributed by atoms with Crippen LogP contribution >= 0.6 is 11.3 Å². The van der Waals surface area contributed by atoms with E-state index in [1.807, 2.05) is 37.3 Å². The first kappa shape index (κ1) is 22.7. The molecular weight excluding hydrogens is 441 g/mol. The molecule has 0 bridgehead atoms. The fourth-order valence-electron chi connectivity index (χ4n) is 3.89. The van der Waals surface area contributed by atoms with Gasteiger partial charge >= 0.3 is 5.69 Å². The highest BCUT2D eigenvalue weighted by Crippen LogP contribution is 2.18. The van der Waals surface area contributed by atoms with Gasteiger partial charge in [-0.3, -0.25) is 14.2 Å². The van der Waals surface area contributed by atoms with Gasteiger partial charge in [0.2, 0.25) is 5.91 Å². The van der Waals surface area contributed by atoms with Gasteiger partial charge in [0.25, 0.3) is 5.56 Å². The third-order valence-corrected chi connectivity index (χ3v) is 6.46. The Balaban J connectivity index is 1.61. The first-order chi connectivity index (χ1) is 15.8. The van der Waals surface area contributed by atoms with E-state index in [-0.39, 0.29) is 18.5 Å². The molecule has 4 aromatic rings. The molecule has 0 saturated carbocycles. The number of amides is 1. The first-order valence-corrected chi connectivity index (χ1v) is 11.6. The maximum atomic E-state index is 13.6. The maximum absolute atomic E-state index is 13.6. The second-order valence-corrected chi connectivity index (χ2v) is 8.98. The summed E-state index contributed by atoms with van der Waals surface area (Å²) in [5, 5.41) is 4.66. The smallest absolute Gasteiger partial charge is 0.336 e. The summed E-state index contributed by atoms with van der Waals surface area (Å²) in [6.07, 6.45) is 1.58. The number of nitrogens with one attached hydrogen (secondary N) is 1. The number of aromatic nitrogens is 2. The first-order valence-electron chi connectivity index (χ1n) is 10.7. The van der Waals surface area contributed by atoms with Crippen LogP contribution < -0.4 is 16.6 Å². The molecule has 6 nitrogen and oxygen atoms in total. The molecule has 1 amide bonds. The van der Waals surface area contributed by atoms with Crippen LogP contribution in [0, 0.1) is 12.7 Å². The van der Waals surface area contributed by atoms with Crippen molar-refractivity contribution in [2.24, 2.45) is 0 Å². The molecule has 2 heterocycles. The van der Waals surface area contributed by atoms with Crippen molar-refractivity contribution in [3.8, 4) is 5.69 Å². The van der Waals surface area contributed by atoms with E-state index in [4.69, 9.17) is 0 Å². The molecule has 8 heteroatoms. The Bertz CT molecular complexity index is 1420. The Morgan fingerprint density at radius 2 is 1.88 bits per heavy atom. The Morgan fingerprint density at radius 3 is 2.61 bits per heavy atom. The molecule has 0 radical (unpaired) electrons. The lowest BCUT2D eigenvalue weighted by Crippen LogP contribution is -2.43. The highest BCUT2D eigenvalue weighted by Gasteiger charge is 2.19. The van der Waals surface area contributed by atoms with Gasteiger partial charge in [0.1, 0.15) is 17.1 Å². The number of aryl methyl sites for hydroxylation is 2. The Labute approximate surface area is 193 Å². The van der Waals surface area contributed by atoms with Crippen molar-refractivity contribution in [1.82, 2.24) is 14.5 Å². The molecule has 2 aromatic carbocycles. The van der Waals surface area contributed by atoms with Gasteiger partial charge in [-0.1, -0.05) is 30.3 Å². The summed E-state index contributed by atoms with van der Waals surface area (Å²) in [4.78, 5) is 39.2. The molecule has 170 valence electrons. The van der Waals surface area contributed by atoms with E-state index in [0.29, 0.717) is 21.5 Å². The van der Waals surface area contributed by atoms with E-state index in [1.165, 1.54) is 39.7 Å². The standard InChI is InChI=1S/C25H24FN3O3S/c1-16-14-19(26)10-11-20(16)29-24(31)23-21(12-13-33-23)28(25(29)32)15-22(30)27-17(2)8-9-18-6-4-3-5-7-18/h3-7,10-14,17H,8-9,15H2,1-2H3,(H,27,30). The number of fused-ring (bicyclic) bond motifs is 1. The number of carbonyl (C=O) groups excluding carboxylic acids is 1. The molecule has 0 saturated heterocycles. The van der Waals surface area contributed by atoms with Gasteiger partial charge in [0, 0.05) is 6.04 Å². The summed E-state index contributed by atoms with van der Waals surface area (Å²) in [7, 11) is 0. The molecule has 1 unspecified atom stereocenters. The van der Waals surface area contributed by atoms with Crippen molar-refractivity contribution in [2.75, 3.05) is 0 Å². The molecule has 0 aliphatic heterocycles. The number of benzene rings is 2. The highest BCUT2D eigenvalue weighted by atomic mass is 32.1. The minimum absolute atomic E-state index is 0.0865. The maximum Gasteiger partial charge on any atom is 0.336 e. The molecule has 1 N–H and O–H groups in total. The fraction of sp³-hybridized carbons (Fsp3) is 0.240. The zero-order chi connectivity index (χ0) is 23.5. The van der Waals surface area contributed by atoms with Crippen LogP contribution in [0.2, 0.25) is 0 Å². The van der Waals surface area contributed by atoms with E-state index >= 15 is 0 Å². The molecule has 0 fully saturated rings. The lowest BCUT2D eigenvalue weighted by atomic mass is 10.1. The number of nitrogens with zero attached hydrogens (tertiary/aromatic N) is 2. The van der Waals surface area contributed by atoms with Crippen molar-refractivity contribution >= 4 is 27.5 Å². The van der Waals surface area contributed by atoms with Crippen LogP contribution in [-0.4, -0.2) is 21.1 Å². The topological polar surface area (TPSA) is 73.1 Å². The van der Waals surface area contributed by atoms with E-state index in [0.717, 1.165) is 17.4 Å². The van der Waals surface area contributed by atoms with E-state index in [9.17, 15) is 18.8 Å². The van der Waals surface area contributed by atoms with Crippen molar-refractivity contribution in [3.63, 3.8) is 0 Å². The van der Waals surface area contributed by atoms with Crippen molar-refractivity contribution < 1.29 is 9.18 Å². The van der Waals surface area contributed by atoms with Crippen LogP contribution in [-0.2, 0) is 17.8 Å². The largest absolute Gasteiger partial charge is 0.352 e. The summed E-state index contributed by atoms with van der Waals surface area (Å²) in [5.41, 5.74) is 1.25. The normalized spacial score (nSPS) is 12.1. The molecule has 33 heavy (non-hydrogen) atoms. The van der Waals surface area contributed by atoms with Gasteiger partial charge in [-0.25, -0.2) is 13.8 Å². The van der Waals surface area contributed by atoms with Crippen LogP contribution in [0.15, 0.2) is 69.6 Å². The minimum Gasteiger partial charge on any atom is -0.352 e. The monoisotopic (exact) mass is 465 g/mol. The van der Waals surface area contributed by atoms with Crippen molar-refractivity contribution in [2.45, 2.75) is 39.3 Å². The Hall–Kier alpha value is -3.52.